The molecule has 2 heterocycles. The number of hydrogen-bond acceptors (Lipinski definition) is 12. The minimum absolute atomic E-state index is 0.0171. The maximum atomic E-state index is 12.6. The van der Waals surface area contributed by atoms with Crippen molar-refractivity contribution in [2.24, 2.45) is 11.8 Å². The summed E-state index contributed by atoms with van der Waals surface area (Å²) in [4.78, 5) is 0. The van der Waals surface area contributed by atoms with Crippen molar-refractivity contribution in [3.05, 3.63) is 52.6 Å². The lowest BCUT2D eigenvalue weighted by Gasteiger charge is -2.47. The summed E-state index contributed by atoms with van der Waals surface area (Å²) in [7, 11) is 6.32. The van der Waals surface area contributed by atoms with Crippen LogP contribution in [0.4, 0.5) is 0 Å². The Morgan fingerprint density at radius 2 is 1.73 bits per heavy atom. The molecule has 2 aliphatic carbocycles. The molecule has 0 saturated carbocycles. The summed E-state index contributed by atoms with van der Waals surface area (Å²) in [6.45, 7) is 1.94. The summed E-state index contributed by atoms with van der Waals surface area (Å²) in [5.74, 6) is 0.934. The van der Waals surface area contributed by atoms with Crippen molar-refractivity contribution >= 4 is 21.6 Å². The third-order valence-corrected chi connectivity index (χ3v) is 14.1. The van der Waals surface area contributed by atoms with Gasteiger partial charge >= 0.3 is 0 Å². The van der Waals surface area contributed by atoms with Gasteiger partial charge in [-0.25, -0.2) is 0 Å². The van der Waals surface area contributed by atoms with E-state index in [1.165, 1.54) is 20.3 Å². The van der Waals surface area contributed by atoms with Crippen LogP contribution in [0.1, 0.15) is 78.7 Å². The number of aliphatic hydroxyl groups excluding tert-OH is 3. The molecule has 1 fully saturated rings. The van der Waals surface area contributed by atoms with Gasteiger partial charge in [0.05, 0.1) is 27.4 Å². The summed E-state index contributed by atoms with van der Waals surface area (Å²) in [6, 6.07) is 8.63. The van der Waals surface area contributed by atoms with E-state index in [-0.39, 0.29) is 71.2 Å². The molecule has 0 spiro atoms. The van der Waals surface area contributed by atoms with Crippen molar-refractivity contribution in [2.45, 2.75) is 67.8 Å². The molecule has 0 amide bonds. The molecule has 1 saturated heterocycles. The second-order valence-electron chi connectivity index (χ2n) is 13.6. The second kappa shape index (κ2) is 13.9. The Morgan fingerprint density at radius 1 is 0.918 bits per heavy atom. The standard InChI is InChI=1S/C37H44O10S2/c1-17-8-11-48-49-28-7-4-18(17)12-21-22-13-19(40)5-6-20(22)29-25(46-10-9-38)15-26-31(30(29)24(21)16-39)32(28)35(43)36(47-26)23-14-27(44-2)34(42)37(45-3)33(23)41/h5-6,13-15,17-18,21,24,28,32,35-36,38-43H,4,7-12,16H2,1-3H3. The molecule has 4 bridgehead atoms. The highest BCUT2D eigenvalue weighted by molar-refractivity contribution is 8.76. The van der Waals surface area contributed by atoms with Crippen molar-refractivity contribution in [1.29, 1.82) is 0 Å². The zero-order valence-electron chi connectivity index (χ0n) is 27.8. The van der Waals surface area contributed by atoms with Gasteiger partial charge in [0.2, 0.25) is 11.5 Å². The van der Waals surface area contributed by atoms with Gasteiger partial charge in [0.15, 0.2) is 17.6 Å². The Morgan fingerprint density at radius 3 is 2.47 bits per heavy atom. The fourth-order valence-corrected chi connectivity index (χ4v) is 11.8. The highest BCUT2D eigenvalue weighted by Crippen LogP contribution is 2.63. The Kier molecular flexibility index (Phi) is 9.70. The molecular formula is C37H44O10S2. The van der Waals surface area contributed by atoms with E-state index < -0.39 is 18.1 Å². The zero-order chi connectivity index (χ0) is 34.6. The van der Waals surface area contributed by atoms with E-state index in [1.54, 1.807) is 22.9 Å². The molecule has 10 nitrogen and oxygen atoms in total. The first-order valence-corrected chi connectivity index (χ1v) is 19.3. The van der Waals surface area contributed by atoms with Crippen LogP contribution in [0.2, 0.25) is 0 Å². The number of fused-ring (bicyclic) bond motifs is 8. The lowest BCUT2D eigenvalue weighted by Crippen LogP contribution is -2.41. The maximum Gasteiger partial charge on any atom is 0.207 e. The molecule has 4 aliphatic rings. The summed E-state index contributed by atoms with van der Waals surface area (Å²) >= 11 is 0. The van der Waals surface area contributed by atoms with E-state index in [1.807, 2.05) is 22.9 Å². The molecule has 49 heavy (non-hydrogen) atoms. The Bertz CT molecular complexity index is 1720. The van der Waals surface area contributed by atoms with Gasteiger partial charge < -0.3 is 49.6 Å². The van der Waals surface area contributed by atoms with Crippen LogP contribution in [0.15, 0.2) is 30.3 Å². The first kappa shape index (κ1) is 34.3. The molecule has 0 radical (unpaired) electrons. The van der Waals surface area contributed by atoms with Crippen LogP contribution < -0.4 is 18.9 Å². The third-order valence-electron chi connectivity index (χ3n) is 11.1. The van der Waals surface area contributed by atoms with E-state index in [2.05, 4.69) is 6.92 Å². The number of phenolic OH excluding ortho intramolecular Hbond substituents is 3. The van der Waals surface area contributed by atoms with Crippen LogP contribution in [0.3, 0.4) is 0 Å². The number of rotatable bonds is 7. The number of benzene rings is 3. The number of phenols is 3. The first-order valence-electron chi connectivity index (χ1n) is 16.9. The monoisotopic (exact) mass is 712 g/mol. The van der Waals surface area contributed by atoms with Crippen molar-refractivity contribution in [1.82, 2.24) is 0 Å². The fraction of sp³-hybridized carbons (Fsp3) is 0.514. The molecule has 3 aromatic rings. The zero-order valence-corrected chi connectivity index (χ0v) is 29.4. The smallest absolute Gasteiger partial charge is 0.207 e. The summed E-state index contributed by atoms with van der Waals surface area (Å²) in [5.41, 5.74) is 4.46. The molecule has 8 atom stereocenters. The first-order chi connectivity index (χ1) is 23.7. The minimum Gasteiger partial charge on any atom is -0.508 e. The maximum absolute atomic E-state index is 12.6. The minimum atomic E-state index is -1.15. The van der Waals surface area contributed by atoms with E-state index in [0.717, 1.165) is 59.3 Å². The summed E-state index contributed by atoms with van der Waals surface area (Å²) < 4.78 is 23.7. The third kappa shape index (κ3) is 5.73. The quantitative estimate of drug-likeness (QED) is 0.154. The lowest BCUT2D eigenvalue weighted by molar-refractivity contribution is -0.00424. The van der Waals surface area contributed by atoms with Gasteiger partial charge in [-0.1, -0.05) is 34.6 Å². The fourth-order valence-electron chi connectivity index (χ4n) is 8.70. The molecule has 7 rings (SSSR count). The number of aromatic hydroxyl groups is 3. The molecule has 2 aliphatic heterocycles. The van der Waals surface area contributed by atoms with Gasteiger partial charge in [-0.15, -0.1) is 0 Å². The van der Waals surface area contributed by atoms with Crippen molar-refractivity contribution in [3.63, 3.8) is 0 Å². The number of hydrogen-bond donors (Lipinski definition) is 6. The van der Waals surface area contributed by atoms with E-state index >= 15 is 0 Å². The summed E-state index contributed by atoms with van der Waals surface area (Å²) in [6.07, 6.45) is 1.39. The molecule has 3 aromatic carbocycles. The topological polar surface area (TPSA) is 158 Å². The largest absolute Gasteiger partial charge is 0.508 e. The van der Waals surface area contributed by atoms with Gasteiger partial charge in [0, 0.05) is 45.6 Å². The van der Waals surface area contributed by atoms with Gasteiger partial charge in [-0.3, -0.25) is 0 Å². The lowest BCUT2D eigenvalue weighted by atomic mass is 9.62. The van der Waals surface area contributed by atoms with Gasteiger partial charge in [0.1, 0.15) is 30.0 Å². The molecule has 12 heteroatoms. The van der Waals surface area contributed by atoms with Crippen molar-refractivity contribution in [2.75, 3.05) is 39.8 Å². The van der Waals surface area contributed by atoms with Crippen LogP contribution in [0.25, 0.3) is 11.1 Å². The van der Waals surface area contributed by atoms with E-state index in [9.17, 15) is 30.6 Å². The normalized spacial score (nSPS) is 28.7. The number of aliphatic hydroxyl groups is 3. The molecule has 6 N–H and O–H groups in total. The van der Waals surface area contributed by atoms with Crippen molar-refractivity contribution < 1.29 is 49.6 Å². The van der Waals surface area contributed by atoms with Gasteiger partial charge in [0.25, 0.3) is 0 Å². The van der Waals surface area contributed by atoms with Crippen LogP contribution in [-0.2, 0) is 0 Å². The van der Waals surface area contributed by atoms with Crippen LogP contribution in [0, 0.1) is 11.8 Å². The number of ether oxygens (including phenoxy) is 4. The SMILES string of the molecule is COc1cc(C2Oc3cc(OCCO)c4c5c3C(C3CCC(CC(c6cc(O)ccc6-4)C5CO)C(C)CCSS3)C2O)c(O)c(OC)c1O. The van der Waals surface area contributed by atoms with E-state index in [4.69, 9.17) is 18.9 Å². The predicted molar refractivity (Wildman–Crippen MR) is 189 cm³/mol. The summed E-state index contributed by atoms with van der Waals surface area (Å²) in [5, 5.41) is 66.6. The highest BCUT2D eigenvalue weighted by atomic mass is 33.1. The van der Waals surface area contributed by atoms with Crippen LogP contribution in [0.5, 0.6) is 40.2 Å². The van der Waals surface area contributed by atoms with Crippen LogP contribution in [-0.4, -0.2) is 81.8 Å². The number of methoxy groups -OCH3 is 2. The predicted octanol–water partition coefficient (Wildman–Crippen LogP) is 6.20. The molecular weight excluding hydrogens is 669 g/mol. The average Bonchev–Trinajstić information content (AvgIpc) is 3.18. The molecule has 0 aromatic heterocycles. The molecule has 264 valence electrons. The second-order valence-corrected chi connectivity index (χ2v) is 16.3. The highest BCUT2D eigenvalue weighted by Gasteiger charge is 2.50. The Hall–Kier alpha value is -3.16. The Balaban J connectivity index is 1.54. The van der Waals surface area contributed by atoms with E-state index in [0.29, 0.717) is 23.3 Å². The van der Waals surface area contributed by atoms with Gasteiger partial charge in [-0.05, 0) is 78.3 Å². The molecule has 8 unspecified atom stereocenters. The van der Waals surface area contributed by atoms with Crippen LogP contribution >= 0.6 is 21.6 Å². The Labute approximate surface area is 293 Å². The van der Waals surface area contributed by atoms with Crippen molar-refractivity contribution in [3.8, 4) is 51.4 Å². The van der Waals surface area contributed by atoms with Gasteiger partial charge in [-0.2, -0.15) is 0 Å². The average molecular weight is 713 g/mol.